The van der Waals surface area contributed by atoms with Crippen molar-refractivity contribution < 1.29 is 19.5 Å². The van der Waals surface area contributed by atoms with E-state index in [-0.39, 0.29) is 11.8 Å². The second-order valence-electron chi connectivity index (χ2n) is 7.27. The Hall–Kier alpha value is -2.63. The summed E-state index contributed by atoms with van der Waals surface area (Å²) in [6.07, 6.45) is 8.88. The highest BCUT2D eigenvalue weighted by Gasteiger charge is 2.33. The van der Waals surface area contributed by atoms with Crippen LogP contribution in [0.25, 0.3) is 0 Å². The summed E-state index contributed by atoms with van der Waals surface area (Å²) in [5.74, 6) is -2.49. The zero-order valence-electron chi connectivity index (χ0n) is 15.4. The van der Waals surface area contributed by atoms with Crippen molar-refractivity contribution in [2.24, 2.45) is 11.8 Å². The van der Waals surface area contributed by atoms with E-state index in [1.54, 1.807) is 24.3 Å². The Morgan fingerprint density at radius 2 is 1.48 bits per heavy atom. The molecule has 0 saturated carbocycles. The van der Waals surface area contributed by atoms with Crippen molar-refractivity contribution >= 4 is 23.5 Å². The number of aliphatic carboxylic acids is 1. The monoisotopic (exact) mass is 370 g/mol. The number of hydrogen-bond donors (Lipinski definition) is 2. The number of rotatable bonds is 4. The zero-order chi connectivity index (χ0) is 19.2. The molecule has 1 aromatic rings. The van der Waals surface area contributed by atoms with E-state index in [2.05, 4.69) is 5.32 Å². The maximum absolute atomic E-state index is 12.6. The quantitative estimate of drug-likeness (QED) is 0.796. The molecule has 2 atom stereocenters. The molecular formula is C21H26N2O4. The van der Waals surface area contributed by atoms with Crippen LogP contribution in [0.2, 0.25) is 0 Å². The molecule has 6 heteroatoms. The van der Waals surface area contributed by atoms with Gasteiger partial charge in [0.2, 0.25) is 5.91 Å². The molecule has 27 heavy (non-hydrogen) atoms. The minimum atomic E-state index is -0.946. The summed E-state index contributed by atoms with van der Waals surface area (Å²) in [4.78, 5) is 38.4. The fraction of sp³-hybridized carbons (Fsp3) is 0.476. The average molecular weight is 370 g/mol. The number of carboxylic acids is 1. The first-order valence-electron chi connectivity index (χ1n) is 9.64. The lowest BCUT2D eigenvalue weighted by Gasteiger charge is -2.24. The molecule has 0 spiro atoms. The Morgan fingerprint density at radius 1 is 0.889 bits per heavy atom. The Labute approximate surface area is 159 Å². The predicted molar refractivity (Wildman–Crippen MR) is 102 cm³/mol. The highest BCUT2D eigenvalue weighted by atomic mass is 16.4. The fourth-order valence-corrected chi connectivity index (χ4v) is 3.76. The summed E-state index contributed by atoms with van der Waals surface area (Å²) in [6.45, 7) is 1.59. The summed E-state index contributed by atoms with van der Waals surface area (Å²) in [7, 11) is 0. The highest BCUT2D eigenvalue weighted by molar-refractivity contribution is 5.97. The van der Waals surface area contributed by atoms with Crippen molar-refractivity contribution in [3.63, 3.8) is 0 Å². The van der Waals surface area contributed by atoms with Crippen LogP contribution in [0.4, 0.5) is 5.69 Å². The van der Waals surface area contributed by atoms with E-state index in [0.717, 1.165) is 25.9 Å². The van der Waals surface area contributed by atoms with Gasteiger partial charge in [0.15, 0.2) is 0 Å². The standard InChI is InChI=1S/C21H26N2O4/c24-19(17-7-3-4-8-18(17)21(26)27)22-16-11-9-15(10-12-16)20(25)23-13-5-1-2-6-14-23/h3-4,9-12,17-18H,1-2,5-8,13-14H2,(H,22,24)(H,26,27)/t17-,18-/m0/s1. The van der Waals surface area contributed by atoms with Crippen LogP contribution >= 0.6 is 0 Å². The number of carbonyl (C=O) groups excluding carboxylic acids is 2. The second-order valence-corrected chi connectivity index (χ2v) is 7.27. The number of carbonyl (C=O) groups is 3. The van der Waals surface area contributed by atoms with Gasteiger partial charge >= 0.3 is 5.97 Å². The van der Waals surface area contributed by atoms with Crippen molar-refractivity contribution in [1.29, 1.82) is 0 Å². The lowest BCUT2D eigenvalue weighted by atomic mass is 9.82. The first kappa shape index (κ1) is 19.1. The van der Waals surface area contributed by atoms with Gasteiger partial charge in [0.25, 0.3) is 5.91 Å². The van der Waals surface area contributed by atoms with Gasteiger partial charge < -0.3 is 15.3 Å². The predicted octanol–water partition coefficient (Wildman–Crippen LogP) is 3.31. The van der Waals surface area contributed by atoms with Gasteiger partial charge in [-0.15, -0.1) is 0 Å². The first-order valence-corrected chi connectivity index (χ1v) is 9.64. The number of nitrogens with zero attached hydrogens (tertiary/aromatic N) is 1. The molecule has 0 unspecified atom stereocenters. The molecular weight excluding hydrogens is 344 g/mol. The van der Waals surface area contributed by atoms with Crippen LogP contribution < -0.4 is 5.32 Å². The van der Waals surface area contributed by atoms with E-state index >= 15 is 0 Å². The van der Waals surface area contributed by atoms with Crippen molar-refractivity contribution in [3.05, 3.63) is 42.0 Å². The number of nitrogens with one attached hydrogen (secondary N) is 1. The normalized spacial score (nSPS) is 22.7. The highest BCUT2D eigenvalue weighted by Crippen LogP contribution is 2.27. The van der Waals surface area contributed by atoms with E-state index in [9.17, 15) is 19.5 Å². The smallest absolute Gasteiger partial charge is 0.307 e. The Bertz CT molecular complexity index is 718. The number of benzene rings is 1. The van der Waals surface area contributed by atoms with Crippen molar-refractivity contribution in [2.45, 2.75) is 38.5 Å². The van der Waals surface area contributed by atoms with Crippen molar-refractivity contribution in [1.82, 2.24) is 4.90 Å². The average Bonchev–Trinajstić information content (AvgIpc) is 2.97. The molecule has 0 aromatic heterocycles. The first-order chi connectivity index (χ1) is 13.1. The van der Waals surface area contributed by atoms with Crippen LogP contribution in [0.15, 0.2) is 36.4 Å². The minimum absolute atomic E-state index is 0.0261. The molecule has 0 radical (unpaired) electrons. The summed E-state index contributed by atoms with van der Waals surface area (Å²) < 4.78 is 0. The SMILES string of the molecule is O=C(O)[C@H]1CC=CC[C@@H]1C(=O)Nc1ccc(C(=O)N2CCCCCC2)cc1. The number of hydrogen-bond acceptors (Lipinski definition) is 3. The molecule has 6 nitrogen and oxygen atoms in total. The molecule has 1 aliphatic heterocycles. The molecule has 1 saturated heterocycles. The van der Waals surface area contributed by atoms with E-state index in [1.165, 1.54) is 12.8 Å². The van der Waals surface area contributed by atoms with Gasteiger partial charge in [0.05, 0.1) is 11.8 Å². The maximum atomic E-state index is 12.6. The van der Waals surface area contributed by atoms with Crippen LogP contribution in [0, 0.1) is 11.8 Å². The van der Waals surface area contributed by atoms with Crippen LogP contribution in [-0.2, 0) is 9.59 Å². The third-order valence-electron chi connectivity index (χ3n) is 5.38. The van der Waals surface area contributed by atoms with Gasteiger partial charge in [-0.2, -0.15) is 0 Å². The Morgan fingerprint density at radius 3 is 2.07 bits per heavy atom. The number of allylic oxidation sites excluding steroid dienone is 2. The molecule has 2 N–H and O–H groups in total. The fourth-order valence-electron chi connectivity index (χ4n) is 3.76. The third-order valence-corrected chi connectivity index (χ3v) is 5.38. The van der Waals surface area contributed by atoms with Crippen LogP contribution in [-0.4, -0.2) is 40.9 Å². The summed E-state index contributed by atoms with van der Waals surface area (Å²) in [6, 6.07) is 6.85. The molecule has 1 aromatic carbocycles. The lowest BCUT2D eigenvalue weighted by molar-refractivity contribution is -0.146. The molecule has 1 aliphatic carbocycles. The van der Waals surface area contributed by atoms with E-state index in [1.807, 2.05) is 17.1 Å². The molecule has 0 bridgehead atoms. The minimum Gasteiger partial charge on any atom is -0.481 e. The zero-order valence-corrected chi connectivity index (χ0v) is 15.4. The maximum Gasteiger partial charge on any atom is 0.307 e. The molecule has 1 heterocycles. The van der Waals surface area contributed by atoms with Crippen molar-refractivity contribution in [3.8, 4) is 0 Å². The Kier molecular flexibility index (Phi) is 6.27. The summed E-state index contributed by atoms with van der Waals surface area (Å²) in [5, 5.41) is 12.1. The number of likely N-dealkylation sites (tertiary alicyclic amines) is 1. The van der Waals surface area contributed by atoms with Gasteiger partial charge in [-0.1, -0.05) is 25.0 Å². The second kappa shape index (κ2) is 8.84. The van der Waals surface area contributed by atoms with Gasteiger partial charge in [0.1, 0.15) is 0 Å². The molecule has 3 rings (SSSR count). The molecule has 2 aliphatic rings. The number of amides is 2. The van der Waals surface area contributed by atoms with Crippen LogP contribution in [0.1, 0.15) is 48.9 Å². The van der Waals surface area contributed by atoms with Crippen molar-refractivity contribution in [2.75, 3.05) is 18.4 Å². The largest absolute Gasteiger partial charge is 0.481 e. The summed E-state index contributed by atoms with van der Waals surface area (Å²) in [5.41, 5.74) is 1.19. The van der Waals surface area contributed by atoms with Gasteiger partial charge in [-0.3, -0.25) is 14.4 Å². The van der Waals surface area contributed by atoms with E-state index in [4.69, 9.17) is 0 Å². The topological polar surface area (TPSA) is 86.7 Å². The van der Waals surface area contributed by atoms with E-state index in [0.29, 0.717) is 24.1 Å². The summed E-state index contributed by atoms with van der Waals surface area (Å²) >= 11 is 0. The van der Waals surface area contributed by atoms with Gasteiger partial charge in [-0.25, -0.2) is 0 Å². The van der Waals surface area contributed by atoms with Gasteiger partial charge in [-0.05, 0) is 49.9 Å². The molecule has 2 amide bonds. The Balaban J connectivity index is 1.63. The third kappa shape index (κ3) is 4.76. The van der Waals surface area contributed by atoms with Gasteiger partial charge in [0, 0.05) is 24.3 Å². The lowest BCUT2D eigenvalue weighted by Crippen LogP contribution is -2.34. The van der Waals surface area contributed by atoms with Crippen LogP contribution in [0.3, 0.4) is 0 Å². The van der Waals surface area contributed by atoms with Crippen LogP contribution in [0.5, 0.6) is 0 Å². The molecule has 1 fully saturated rings. The van der Waals surface area contributed by atoms with E-state index < -0.39 is 17.8 Å². The number of anilines is 1. The molecule has 144 valence electrons. The number of carboxylic acid groups (broad SMARTS) is 1.